The normalized spacial score (nSPS) is 17.3. The maximum Gasteiger partial charge on any atom is 0.416 e. The van der Waals surface area contributed by atoms with E-state index < -0.39 is 11.7 Å². The third-order valence-electron chi connectivity index (χ3n) is 4.34. The molecule has 1 fully saturated rings. The molecule has 0 bridgehead atoms. The lowest BCUT2D eigenvalue weighted by molar-refractivity contribution is -0.137. The van der Waals surface area contributed by atoms with Gasteiger partial charge in [0.15, 0.2) is 0 Å². The summed E-state index contributed by atoms with van der Waals surface area (Å²) in [6.07, 6.45) is -0.563. The first-order chi connectivity index (χ1) is 11.0. The second kappa shape index (κ2) is 6.28. The summed E-state index contributed by atoms with van der Waals surface area (Å²) in [6.45, 7) is 5.23. The molecule has 2 heterocycles. The average molecular weight is 323 g/mol. The van der Waals surface area contributed by atoms with Gasteiger partial charge < -0.3 is 14.8 Å². The largest absolute Gasteiger partial charge is 0.416 e. The lowest BCUT2D eigenvalue weighted by Crippen LogP contribution is -2.44. The van der Waals surface area contributed by atoms with Gasteiger partial charge in [-0.1, -0.05) is 0 Å². The number of anilines is 1. The lowest BCUT2D eigenvalue weighted by Gasteiger charge is -2.33. The van der Waals surface area contributed by atoms with Crippen LogP contribution in [0.1, 0.15) is 24.1 Å². The molecule has 1 N–H and O–H groups in total. The second-order valence-electron chi connectivity index (χ2n) is 5.81. The maximum absolute atomic E-state index is 13.1. The standard InChI is InChI=1S/C17H20F3N3/c1-13(22-8-2-3-9-22)15-12-14(17(18,19)20)4-5-16(15)23-10-6-21-7-11-23/h2-5,8-9,12-13,21H,6-7,10-11H2,1H3. The van der Waals surface area contributed by atoms with Crippen molar-refractivity contribution in [1.82, 2.24) is 9.88 Å². The van der Waals surface area contributed by atoms with Gasteiger partial charge in [-0.3, -0.25) is 0 Å². The molecular weight excluding hydrogens is 303 g/mol. The van der Waals surface area contributed by atoms with Crippen LogP contribution in [-0.4, -0.2) is 30.7 Å². The van der Waals surface area contributed by atoms with Gasteiger partial charge in [0.05, 0.1) is 11.6 Å². The highest BCUT2D eigenvalue weighted by atomic mass is 19.4. The quantitative estimate of drug-likeness (QED) is 0.932. The molecule has 1 atom stereocenters. The van der Waals surface area contributed by atoms with E-state index in [1.807, 2.05) is 36.0 Å². The zero-order chi connectivity index (χ0) is 16.4. The molecule has 124 valence electrons. The Hall–Kier alpha value is -1.95. The zero-order valence-electron chi connectivity index (χ0n) is 13.0. The molecule has 1 saturated heterocycles. The highest BCUT2D eigenvalue weighted by Crippen LogP contribution is 2.36. The number of aromatic nitrogens is 1. The number of nitrogens with one attached hydrogen (secondary N) is 1. The Morgan fingerprint density at radius 2 is 1.74 bits per heavy atom. The van der Waals surface area contributed by atoms with Gasteiger partial charge in [0.2, 0.25) is 0 Å². The van der Waals surface area contributed by atoms with Gasteiger partial charge in [0.1, 0.15) is 0 Å². The molecule has 0 spiro atoms. The smallest absolute Gasteiger partial charge is 0.369 e. The molecule has 1 aromatic heterocycles. The van der Waals surface area contributed by atoms with E-state index in [0.29, 0.717) is 5.56 Å². The van der Waals surface area contributed by atoms with Crippen LogP contribution >= 0.6 is 0 Å². The minimum absolute atomic E-state index is 0.155. The highest BCUT2D eigenvalue weighted by Gasteiger charge is 2.32. The number of piperazine rings is 1. The van der Waals surface area contributed by atoms with Crippen molar-refractivity contribution in [3.8, 4) is 0 Å². The first-order valence-corrected chi connectivity index (χ1v) is 7.76. The van der Waals surface area contributed by atoms with Gasteiger partial charge in [-0.05, 0) is 42.8 Å². The Morgan fingerprint density at radius 1 is 1.09 bits per heavy atom. The Kier molecular flexibility index (Phi) is 4.35. The first-order valence-electron chi connectivity index (χ1n) is 7.76. The van der Waals surface area contributed by atoms with Gasteiger partial charge in [-0.15, -0.1) is 0 Å². The number of halogens is 3. The third-order valence-corrected chi connectivity index (χ3v) is 4.34. The van der Waals surface area contributed by atoms with Crippen molar-refractivity contribution < 1.29 is 13.2 Å². The molecular formula is C17H20F3N3. The molecule has 1 unspecified atom stereocenters. The summed E-state index contributed by atoms with van der Waals surface area (Å²) in [5.41, 5.74) is 1.00. The van der Waals surface area contributed by atoms with Crippen LogP contribution in [-0.2, 0) is 6.18 Å². The summed E-state index contributed by atoms with van der Waals surface area (Å²) in [4.78, 5) is 2.16. The molecule has 23 heavy (non-hydrogen) atoms. The van der Waals surface area contributed by atoms with Crippen molar-refractivity contribution in [2.75, 3.05) is 31.1 Å². The van der Waals surface area contributed by atoms with Crippen molar-refractivity contribution in [3.05, 3.63) is 53.9 Å². The van der Waals surface area contributed by atoms with Crippen molar-refractivity contribution >= 4 is 5.69 Å². The Morgan fingerprint density at radius 3 is 2.35 bits per heavy atom. The fraction of sp³-hybridized carbons (Fsp3) is 0.412. The summed E-state index contributed by atoms with van der Waals surface area (Å²) in [7, 11) is 0. The number of benzene rings is 1. The molecule has 2 aromatic rings. The molecule has 3 rings (SSSR count). The highest BCUT2D eigenvalue weighted by molar-refractivity contribution is 5.57. The molecule has 1 aliphatic rings. The summed E-state index contributed by atoms with van der Waals surface area (Å²) in [6, 6.07) is 7.70. The van der Waals surface area contributed by atoms with Crippen LogP contribution in [0.5, 0.6) is 0 Å². The minimum Gasteiger partial charge on any atom is -0.369 e. The Bertz CT molecular complexity index is 644. The van der Waals surface area contributed by atoms with Crippen LogP contribution in [0.2, 0.25) is 0 Å². The van der Waals surface area contributed by atoms with E-state index in [2.05, 4.69) is 10.2 Å². The average Bonchev–Trinajstić information content (AvgIpc) is 3.08. The predicted octanol–water partition coefficient (Wildman–Crippen LogP) is 3.53. The Balaban J connectivity index is 2.04. The number of nitrogens with zero attached hydrogens (tertiary/aromatic N) is 2. The number of rotatable bonds is 3. The molecule has 1 aromatic carbocycles. The van der Waals surface area contributed by atoms with Crippen molar-refractivity contribution in [3.63, 3.8) is 0 Å². The van der Waals surface area contributed by atoms with Crippen LogP contribution in [0.4, 0.5) is 18.9 Å². The van der Waals surface area contributed by atoms with Crippen LogP contribution in [0.15, 0.2) is 42.7 Å². The number of hydrogen-bond acceptors (Lipinski definition) is 2. The van der Waals surface area contributed by atoms with Crippen molar-refractivity contribution in [2.24, 2.45) is 0 Å². The number of alkyl halides is 3. The third kappa shape index (κ3) is 3.37. The molecule has 1 aliphatic heterocycles. The van der Waals surface area contributed by atoms with Gasteiger partial charge in [-0.2, -0.15) is 13.2 Å². The van der Waals surface area contributed by atoms with Crippen LogP contribution in [0.25, 0.3) is 0 Å². The van der Waals surface area contributed by atoms with E-state index >= 15 is 0 Å². The van der Waals surface area contributed by atoms with E-state index in [1.54, 1.807) is 6.07 Å². The van der Waals surface area contributed by atoms with E-state index in [-0.39, 0.29) is 6.04 Å². The van der Waals surface area contributed by atoms with E-state index in [4.69, 9.17) is 0 Å². The minimum atomic E-state index is -4.33. The van der Waals surface area contributed by atoms with Crippen LogP contribution in [0.3, 0.4) is 0 Å². The molecule has 0 amide bonds. The van der Waals surface area contributed by atoms with E-state index in [0.717, 1.165) is 31.9 Å². The SMILES string of the molecule is CC(c1cc(C(F)(F)F)ccc1N1CCNCC1)n1cccc1. The summed E-state index contributed by atoms with van der Waals surface area (Å²) in [5, 5.41) is 3.27. The van der Waals surface area contributed by atoms with Crippen LogP contribution in [0, 0.1) is 0 Å². The lowest BCUT2D eigenvalue weighted by atomic mass is 10.0. The van der Waals surface area contributed by atoms with Gasteiger partial charge in [0, 0.05) is 44.3 Å². The van der Waals surface area contributed by atoms with Crippen molar-refractivity contribution in [2.45, 2.75) is 19.1 Å². The maximum atomic E-state index is 13.1. The molecule has 3 nitrogen and oxygen atoms in total. The molecule has 6 heteroatoms. The fourth-order valence-corrected chi connectivity index (χ4v) is 3.03. The summed E-state index contributed by atoms with van der Waals surface area (Å²) in [5.74, 6) is 0. The fourth-order valence-electron chi connectivity index (χ4n) is 3.03. The number of hydrogen-bond donors (Lipinski definition) is 1. The van der Waals surface area contributed by atoms with Gasteiger partial charge in [0.25, 0.3) is 0 Å². The molecule has 0 saturated carbocycles. The van der Waals surface area contributed by atoms with Crippen molar-refractivity contribution in [1.29, 1.82) is 0 Å². The predicted molar refractivity (Wildman–Crippen MR) is 84.8 cm³/mol. The second-order valence-corrected chi connectivity index (χ2v) is 5.81. The monoisotopic (exact) mass is 323 g/mol. The van der Waals surface area contributed by atoms with E-state index in [9.17, 15) is 13.2 Å². The Labute approximate surface area is 133 Å². The topological polar surface area (TPSA) is 20.2 Å². The van der Waals surface area contributed by atoms with Gasteiger partial charge in [-0.25, -0.2) is 0 Å². The zero-order valence-corrected chi connectivity index (χ0v) is 13.0. The summed E-state index contributed by atoms with van der Waals surface area (Å²) >= 11 is 0. The summed E-state index contributed by atoms with van der Waals surface area (Å²) < 4.78 is 41.3. The molecule has 0 radical (unpaired) electrons. The first kappa shape index (κ1) is 15.9. The van der Waals surface area contributed by atoms with E-state index in [1.165, 1.54) is 12.1 Å². The van der Waals surface area contributed by atoms with Gasteiger partial charge >= 0.3 is 6.18 Å². The van der Waals surface area contributed by atoms with Crippen LogP contribution < -0.4 is 10.2 Å². The molecule has 0 aliphatic carbocycles.